The summed E-state index contributed by atoms with van der Waals surface area (Å²) in [4.78, 5) is 12.4. The molecule has 0 radical (unpaired) electrons. The third kappa shape index (κ3) is 2.76. The highest BCUT2D eigenvalue weighted by atomic mass is 35.5. The van der Waals surface area contributed by atoms with Gasteiger partial charge in [-0.15, -0.1) is 12.4 Å². The van der Waals surface area contributed by atoms with Crippen LogP contribution in [0.5, 0.6) is 0 Å². The zero-order valence-corrected chi connectivity index (χ0v) is 12.3. The lowest BCUT2D eigenvalue weighted by Crippen LogP contribution is -2.50. The zero-order valence-electron chi connectivity index (χ0n) is 11.5. The fourth-order valence-electron chi connectivity index (χ4n) is 4.14. The van der Waals surface area contributed by atoms with E-state index < -0.39 is 0 Å². The Kier molecular flexibility index (Phi) is 4.75. The number of hydrogen-bond donors (Lipinski definition) is 2. The molecule has 19 heavy (non-hydrogen) atoms. The highest BCUT2D eigenvalue weighted by Crippen LogP contribution is 2.47. The van der Waals surface area contributed by atoms with Gasteiger partial charge in [-0.25, -0.2) is 0 Å². The molecule has 3 rings (SSSR count). The summed E-state index contributed by atoms with van der Waals surface area (Å²) in [5, 5.41) is 3.14. The second-order valence-corrected chi connectivity index (χ2v) is 6.29. The van der Waals surface area contributed by atoms with Crippen LogP contribution >= 0.6 is 12.4 Å². The fraction of sp³-hybridized carbons (Fsp3) is 0.929. The van der Waals surface area contributed by atoms with Crippen LogP contribution in [0.4, 0.5) is 0 Å². The number of fused-ring (bicyclic) bond motifs is 2. The van der Waals surface area contributed by atoms with Gasteiger partial charge in [0.1, 0.15) is 0 Å². The Morgan fingerprint density at radius 1 is 1.32 bits per heavy atom. The molecule has 1 heterocycles. The Morgan fingerprint density at radius 3 is 2.63 bits per heavy atom. The molecule has 2 aliphatic carbocycles. The number of nitrogens with two attached hydrogens (primary N) is 1. The molecule has 0 aromatic rings. The lowest BCUT2D eigenvalue weighted by atomic mass is 9.84. The molecule has 0 aromatic carbocycles. The van der Waals surface area contributed by atoms with Crippen LogP contribution in [0.2, 0.25) is 0 Å². The summed E-state index contributed by atoms with van der Waals surface area (Å²) >= 11 is 0. The SMILES string of the molecule is CC(NC(=O)C1C2CCC(C2)C1N)C1CCCO1.Cl. The van der Waals surface area contributed by atoms with Crippen molar-refractivity contribution in [3.05, 3.63) is 0 Å². The highest BCUT2D eigenvalue weighted by Gasteiger charge is 2.49. The first kappa shape index (κ1) is 15.1. The maximum atomic E-state index is 12.4. The minimum Gasteiger partial charge on any atom is -0.376 e. The van der Waals surface area contributed by atoms with Crippen molar-refractivity contribution < 1.29 is 9.53 Å². The van der Waals surface area contributed by atoms with E-state index in [-0.39, 0.29) is 42.4 Å². The Labute approximate surface area is 121 Å². The smallest absolute Gasteiger partial charge is 0.225 e. The molecule has 2 saturated carbocycles. The number of hydrogen-bond acceptors (Lipinski definition) is 3. The van der Waals surface area contributed by atoms with Crippen LogP contribution in [0.3, 0.4) is 0 Å². The van der Waals surface area contributed by atoms with Gasteiger partial charge in [-0.05, 0) is 50.9 Å². The van der Waals surface area contributed by atoms with E-state index in [2.05, 4.69) is 5.32 Å². The van der Waals surface area contributed by atoms with Crippen LogP contribution in [0.1, 0.15) is 39.0 Å². The molecule has 3 N–H and O–H groups in total. The Balaban J connectivity index is 0.00000133. The second-order valence-electron chi connectivity index (χ2n) is 6.29. The summed E-state index contributed by atoms with van der Waals surface area (Å²) in [6, 6.07) is 0.201. The number of rotatable bonds is 3. The van der Waals surface area contributed by atoms with Gasteiger partial charge in [-0.1, -0.05) is 0 Å². The first-order valence-electron chi connectivity index (χ1n) is 7.34. The largest absolute Gasteiger partial charge is 0.376 e. The molecular weight excluding hydrogens is 264 g/mol. The first-order valence-corrected chi connectivity index (χ1v) is 7.34. The van der Waals surface area contributed by atoms with E-state index in [1.165, 1.54) is 12.8 Å². The summed E-state index contributed by atoms with van der Waals surface area (Å²) in [6.45, 7) is 2.88. The van der Waals surface area contributed by atoms with Crippen molar-refractivity contribution >= 4 is 18.3 Å². The topological polar surface area (TPSA) is 64.4 Å². The van der Waals surface area contributed by atoms with Crippen LogP contribution in [0, 0.1) is 17.8 Å². The van der Waals surface area contributed by atoms with E-state index in [4.69, 9.17) is 10.5 Å². The summed E-state index contributed by atoms with van der Waals surface area (Å²) < 4.78 is 5.62. The van der Waals surface area contributed by atoms with E-state index in [9.17, 15) is 4.79 Å². The Hall–Kier alpha value is -0.320. The minimum atomic E-state index is 0. The van der Waals surface area contributed by atoms with E-state index in [0.717, 1.165) is 25.9 Å². The molecule has 1 saturated heterocycles. The predicted molar refractivity (Wildman–Crippen MR) is 76.1 cm³/mol. The average molecular weight is 289 g/mol. The van der Waals surface area contributed by atoms with E-state index in [1.807, 2.05) is 6.92 Å². The monoisotopic (exact) mass is 288 g/mol. The molecule has 4 nitrogen and oxygen atoms in total. The van der Waals surface area contributed by atoms with E-state index >= 15 is 0 Å². The molecule has 110 valence electrons. The molecule has 3 fully saturated rings. The number of halogens is 1. The highest BCUT2D eigenvalue weighted by molar-refractivity contribution is 5.85. The Morgan fingerprint density at radius 2 is 2.05 bits per heavy atom. The normalized spacial score (nSPS) is 41.9. The standard InChI is InChI=1S/C14H24N2O2.ClH/c1-8(11-3-2-6-18-11)16-14(17)12-9-4-5-10(7-9)13(12)15;/h8-13H,2-7,15H2,1H3,(H,16,17);1H. The van der Waals surface area contributed by atoms with E-state index in [1.54, 1.807) is 0 Å². The van der Waals surface area contributed by atoms with Gasteiger partial charge in [0, 0.05) is 12.6 Å². The van der Waals surface area contributed by atoms with Crippen molar-refractivity contribution in [1.29, 1.82) is 0 Å². The van der Waals surface area contributed by atoms with Crippen LogP contribution in [-0.2, 0) is 9.53 Å². The summed E-state index contributed by atoms with van der Waals surface area (Å²) in [5.41, 5.74) is 6.20. The van der Waals surface area contributed by atoms with Gasteiger partial charge in [0.05, 0.1) is 18.1 Å². The molecule has 6 unspecified atom stereocenters. The molecule has 0 spiro atoms. The van der Waals surface area contributed by atoms with Gasteiger partial charge in [-0.2, -0.15) is 0 Å². The molecule has 1 amide bonds. The fourth-order valence-corrected chi connectivity index (χ4v) is 4.14. The van der Waals surface area contributed by atoms with Crippen molar-refractivity contribution in [3.8, 4) is 0 Å². The Bertz CT molecular complexity index is 331. The number of carbonyl (C=O) groups excluding carboxylic acids is 1. The van der Waals surface area contributed by atoms with Gasteiger partial charge in [0.15, 0.2) is 0 Å². The van der Waals surface area contributed by atoms with Gasteiger partial charge in [-0.3, -0.25) is 4.79 Å². The van der Waals surface area contributed by atoms with Crippen LogP contribution in [0.15, 0.2) is 0 Å². The molecule has 2 bridgehead atoms. The molecule has 6 atom stereocenters. The summed E-state index contributed by atoms with van der Waals surface area (Å²) in [7, 11) is 0. The maximum Gasteiger partial charge on any atom is 0.225 e. The minimum absolute atomic E-state index is 0. The summed E-state index contributed by atoms with van der Waals surface area (Å²) in [6.07, 6.45) is 5.93. The number of nitrogens with one attached hydrogen (secondary N) is 1. The van der Waals surface area contributed by atoms with Crippen LogP contribution in [0.25, 0.3) is 0 Å². The number of ether oxygens (including phenoxy) is 1. The van der Waals surface area contributed by atoms with Crippen LogP contribution < -0.4 is 11.1 Å². The lowest BCUT2D eigenvalue weighted by Gasteiger charge is -2.29. The number of amides is 1. The summed E-state index contributed by atoms with van der Waals surface area (Å²) in [5.74, 6) is 1.33. The van der Waals surface area contributed by atoms with Gasteiger partial charge >= 0.3 is 0 Å². The molecule has 3 aliphatic rings. The van der Waals surface area contributed by atoms with Gasteiger partial charge < -0.3 is 15.8 Å². The van der Waals surface area contributed by atoms with E-state index in [0.29, 0.717) is 11.8 Å². The second kappa shape index (κ2) is 5.98. The van der Waals surface area contributed by atoms with Crippen molar-refractivity contribution in [2.45, 2.75) is 57.2 Å². The molecule has 0 aromatic heterocycles. The molecule has 5 heteroatoms. The quantitative estimate of drug-likeness (QED) is 0.826. The van der Waals surface area contributed by atoms with Crippen molar-refractivity contribution in [2.24, 2.45) is 23.5 Å². The predicted octanol–water partition coefficient (Wildman–Crippen LogP) is 1.47. The van der Waals surface area contributed by atoms with Gasteiger partial charge in [0.25, 0.3) is 0 Å². The van der Waals surface area contributed by atoms with Crippen molar-refractivity contribution in [2.75, 3.05) is 6.61 Å². The van der Waals surface area contributed by atoms with Gasteiger partial charge in [0.2, 0.25) is 5.91 Å². The molecular formula is C14H25ClN2O2. The zero-order chi connectivity index (χ0) is 12.7. The lowest BCUT2D eigenvalue weighted by molar-refractivity contribution is -0.128. The maximum absolute atomic E-state index is 12.4. The van der Waals surface area contributed by atoms with Crippen molar-refractivity contribution in [3.63, 3.8) is 0 Å². The van der Waals surface area contributed by atoms with Crippen molar-refractivity contribution in [1.82, 2.24) is 5.32 Å². The average Bonchev–Trinajstić information content (AvgIpc) is 3.05. The first-order chi connectivity index (χ1) is 8.66. The number of carbonyl (C=O) groups is 1. The van der Waals surface area contributed by atoms with Crippen LogP contribution in [-0.4, -0.2) is 30.7 Å². The third-order valence-corrected chi connectivity index (χ3v) is 5.18. The third-order valence-electron chi connectivity index (χ3n) is 5.18. The molecule has 1 aliphatic heterocycles.